The van der Waals surface area contributed by atoms with Gasteiger partial charge in [-0.25, -0.2) is 12.8 Å². The summed E-state index contributed by atoms with van der Waals surface area (Å²) in [6, 6.07) is 17.1. The zero-order valence-electron chi connectivity index (χ0n) is 16.9. The molecule has 0 spiro atoms. The molecule has 0 radical (unpaired) electrons. The highest BCUT2D eigenvalue weighted by Crippen LogP contribution is 2.28. The van der Waals surface area contributed by atoms with Gasteiger partial charge in [-0.1, -0.05) is 23.8 Å². The summed E-state index contributed by atoms with van der Waals surface area (Å²) < 4.78 is 47.1. The molecule has 3 aromatic carbocycles. The van der Waals surface area contributed by atoms with Gasteiger partial charge in [0.1, 0.15) is 0 Å². The number of hydrogen-bond donors (Lipinski definition) is 0. The van der Waals surface area contributed by atoms with Crippen LogP contribution < -0.4 is 9.04 Å². The minimum absolute atomic E-state index is 0.0810. The van der Waals surface area contributed by atoms with Crippen LogP contribution in [0.25, 0.3) is 0 Å². The van der Waals surface area contributed by atoms with Gasteiger partial charge < -0.3 is 4.74 Å². The molecule has 7 heteroatoms. The Morgan fingerprint density at radius 3 is 2.17 bits per heavy atom. The van der Waals surface area contributed by atoms with Crippen LogP contribution in [0.3, 0.4) is 0 Å². The molecule has 0 aliphatic heterocycles. The summed E-state index contributed by atoms with van der Waals surface area (Å²) in [6.07, 6.45) is 0. The summed E-state index contributed by atoms with van der Waals surface area (Å²) in [6.45, 7) is 3.22. The third kappa shape index (κ3) is 4.52. The van der Waals surface area contributed by atoms with Gasteiger partial charge in [-0.15, -0.1) is 0 Å². The average molecular weight is 427 g/mol. The SMILES string of the molecule is COc1ccc(CN(c2ccc(C(C)=O)cc2)S(=O)(=O)c2ccc(C)cc2)cc1F. The van der Waals surface area contributed by atoms with Gasteiger partial charge in [0.2, 0.25) is 0 Å². The molecule has 0 aliphatic rings. The molecule has 156 valence electrons. The lowest BCUT2D eigenvalue weighted by Crippen LogP contribution is -2.30. The fourth-order valence-corrected chi connectivity index (χ4v) is 4.44. The molecule has 0 aliphatic carbocycles. The minimum atomic E-state index is -3.94. The smallest absolute Gasteiger partial charge is 0.264 e. The zero-order valence-corrected chi connectivity index (χ0v) is 17.7. The number of nitrogens with zero attached hydrogens (tertiary/aromatic N) is 1. The van der Waals surface area contributed by atoms with E-state index in [0.29, 0.717) is 16.8 Å². The Hall–Kier alpha value is -3.19. The topological polar surface area (TPSA) is 63.7 Å². The normalized spacial score (nSPS) is 11.2. The number of ketones is 1. The van der Waals surface area contributed by atoms with Gasteiger partial charge in [-0.05, 0) is 67.9 Å². The van der Waals surface area contributed by atoms with E-state index in [0.717, 1.165) is 5.56 Å². The summed E-state index contributed by atoms with van der Waals surface area (Å²) >= 11 is 0. The first kappa shape index (κ1) is 21.5. The highest BCUT2D eigenvalue weighted by atomic mass is 32.2. The molecule has 0 bridgehead atoms. The summed E-state index contributed by atoms with van der Waals surface area (Å²) in [5, 5.41) is 0. The number of sulfonamides is 1. The van der Waals surface area contributed by atoms with Crippen molar-refractivity contribution in [1.82, 2.24) is 0 Å². The number of methoxy groups -OCH3 is 1. The number of rotatable bonds is 7. The van der Waals surface area contributed by atoms with Crippen molar-refractivity contribution in [3.8, 4) is 5.75 Å². The standard InChI is InChI=1S/C23H22FNO4S/c1-16-4-11-21(12-5-16)30(27,28)25(20-9-7-19(8-10-20)17(2)26)15-18-6-13-23(29-3)22(24)14-18/h4-14H,15H2,1-3H3. The average Bonchev–Trinajstić information content (AvgIpc) is 2.72. The van der Waals surface area contributed by atoms with Gasteiger partial charge >= 0.3 is 0 Å². The molecule has 0 atom stereocenters. The molecule has 0 heterocycles. The maximum atomic E-state index is 14.2. The van der Waals surface area contributed by atoms with Crippen LogP contribution in [0.4, 0.5) is 10.1 Å². The Morgan fingerprint density at radius 1 is 1.00 bits per heavy atom. The van der Waals surface area contributed by atoms with Crippen molar-refractivity contribution in [2.24, 2.45) is 0 Å². The first-order chi connectivity index (χ1) is 14.2. The van der Waals surface area contributed by atoms with Crippen LogP contribution in [-0.2, 0) is 16.6 Å². The predicted molar refractivity (Wildman–Crippen MR) is 114 cm³/mol. The highest BCUT2D eigenvalue weighted by molar-refractivity contribution is 7.92. The van der Waals surface area contributed by atoms with Crippen LogP contribution >= 0.6 is 0 Å². The van der Waals surface area contributed by atoms with E-state index in [-0.39, 0.29) is 23.0 Å². The number of Topliss-reactive ketones (excluding diaryl/α,β-unsaturated/α-hetero) is 1. The molecule has 0 fully saturated rings. The molecular weight excluding hydrogens is 405 g/mol. The van der Waals surface area contributed by atoms with Crippen molar-refractivity contribution in [3.63, 3.8) is 0 Å². The number of anilines is 1. The summed E-state index contributed by atoms with van der Waals surface area (Å²) in [5.41, 5.74) is 2.24. The van der Waals surface area contributed by atoms with Crippen molar-refractivity contribution in [2.45, 2.75) is 25.3 Å². The lowest BCUT2D eigenvalue weighted by Gasteiger charge is -2.25. The van der Waals surface area contributed by atoms with Gasteiger partial charge in [0.05, 0.1) is 24.2 Å². The van der Waals surface area contributed by atoms with Crippen molar-refractivity contribution < 1.29 is 22.3 Å². The predicted octanol–water partition coefficient (Wildman–Crippen LogP) is 4.74. The van der Waals surface area contributed by atoms with Crippen LogP contribution in [0.1, 0.15) is 28.4 Å². The maximum Gasteiger partial charge on any atom is 0.264 e. The fraction of sp³-hybridized carbons (Fsp3) is 0.174. The molecule has 5 nitrogen and oxygen atoms in total. The number of benzene rings is 3. The van der Waals surface area contributed by atoms with E-state index in [4.69, 9.17) is 4.74 Å². The Labute approximate surface area is 175 Å². The summed E-state index contributed by atoms with van der Waals surface area (Å²) in [5.74, 6) is -0.612. The third-order valence-corrected chi connectivity index (χ3v) is 6.50. The second kappa shape index (κ2) is 8.67. The van der Waals surface area contributed by atoms with Crippen LogP contribution in [0.15, 0.2) is 71.6 Å². The van der Waals surface area contributed by atoms with Gasteiger partial charge in [-0.3, -0.25) is 9.10 Å². The Balaban J connectivity index is 2.07. The Bertz CT molecular complexity index is 1160. The minimum Gasteiger partial charge on any atom is -0.494 e. The third-order valence-electron chi connectivity index (χ3n) is 4.71. The van der Waals surface area contributed by atoms with Gasteiger partial charge in [0.25, 0.3) is 10.0 Å². The van der Waals surface area contributed by atoms with Crippen molar-refractivity contribution in [2.75, 3.05) is 11.4 Å². The second-order valence-electron chi connectivity index (χ2n) is 6.90. The van der Waals surface area contributed by atoms with Gasteiger partial charge in [-0.2, -0.15) is 0 Å². The highest BCUT2D eigenvalue weighted by Gasteiger charge is 2.25. The number of carbonyl (C=O) groups excluding carboxylic acids is 1. The van der Waals surface area contributed by atoms with Crippen LogP contribution in [0, 0.1) is 12.7 Å². The van der Waals surface area contributed by atoms with Crippen LogP contribution in [0.2, 0.25) is 0 Å². The van der Waals surface area contributed by atoms with E-state index >= 15 is 0 Å². The Morgan fingerprint density at radius 2 is 1.63 bits per heavy atom. The number of carbonyl (C=O) groups is 1. The molecule has 0 aromatic heterocycles. The van der Waals surface area contributed by atoms with E-state index in [1.807, 2.05) is 6.92 Å². The number of aryl methyl sites for hydroxylation is 1. The second-order valence-corrected chi connectivity index (χ2v) is 8.76. The van der Waals surface area contributed by atoms with E-state index in [1.54, 1.807) is 42.5 Å². The molecule has 30 heavy (non-hydrogen) atoms. The van der Waals surface area contributed by atoms with E-state index in [9.17, 15) is 17.6 Å². The quantitative estimate of drug-likeness (QED) is 0.511. The monoisotopic (exact) mass is 427 g/mol. The van der Waals surface area contributed by atoms with Crippen molar-refractivity contribution >= 4 is 21.5 Å². The maximum absolute atomic E-state index is 14.2. The summed E-state index contributed by atoms with van der Waals surface area (Å²) in [7, 11) is -2.57. The van der Waals surface area contributed by atoms with E-state index in [1.165, 1.54) is 42.6 Å². The number of hydrogen-bond acceptors (Lipinski definition) is 4. The molecule has 0 saturated carbocycles. The lowest BCUT2D eigenvalue weighted by molar-refractivity contribution is 0.101. The summed E-state index contributed by atoms with van der Waals surface area (Å²) in [4.78, 5) is 11.7. The van der Waals surface area contributed by atoms with Crippen molar-refractivity contribution in [3.05, 3.63) is 89.2 Å². The first-order valence-corrected chi connectivity index (χ1v) is 10.7. The molecule has 0 amide bonds. The van der Waals surface area contributed by atoms with Crippen LogP contribution in [-0.4, -0.2) is 21.3 Å². The fourth-order valence-electron chi connectivity index (χ4n) is 2.99. The number of ether oxygens (including phenoxy) is 1. The van der Waals surface area contributed by atoms with Gasteiger partial charge in [0, 0.05) is 5.56 Å². The zero-order chi connectivity index (χ0) is 21.9. The molecular formula is C23H22FNO4S. The largest absolute Gasteiger partial charge is 0.494 e. The molecule has 3 aromatic rings. The first-order valence-electron chi connectivity index (χ1n) is 9.25. The molecule has 3 rings (SSSR count). The van der Waals surface area contributed by atoms with E-state index < -0.39 is 15.8 Å². The van der Waals surface area contributed by atoms with Gasteiger partial charge in [0.15, 0.2) is 17.3 Å². The lowest BCUT2D eigenvalue weighted by atomic mass is 10.1. The number of halogens is 1. The molecule has 0 saturated heterocycles. The molecule has 0 unspecified atom stereocenters. The van der Waals surface area contributed by atoms with E-state index in [2.05, 4.69) is 0 Å². The molecule has 0 N–H and O–H groups in total. The van der Waals surface area contributed by atoms with Crippen LogP contribution in [0.5, 0.6) is 5.75 Å². The Kier molecular flexibility index (Phi) is 6.22. The van der Waals surface area contributed by atoms with Crippen molar-refractivity contribution in [1.29, 1.82) is 0 Å².